The van der Waals surface area contributed by atoms with Gasteiger partial charge in [-0.05, 0) is 54.7 Å². The maximum atomic E-state index is 13.4. The lowest BCUT2D eigenvalue weighted by Gasteiger charge is -2.39. The van der Waals surface area contributed by atoms with E-state index < -0.39 is 0 Å². The van der Waals surface area contributed by atoms with Gasteiger partial charge in [0.2, 0.25) is 0 Å². The topological polar surface area (TPSA) is 26.0 Å². The van der Waals surface area contributed by atoms with Crippen molar-refractivity contribution in [3.05, 3.63) is 34.6 Å². The number of benzene rings is 1. The molecule has 1 nitrogen and oxygen atoms in total. The Morgan fingerprint density at radius 1 is 1.44 bits per heavy atom. The first-order valence-electron chi connectivity index (χ1n) is 6.57. The summed E-state index contributed by atoms with van der Waals surface area (Å²) in [5.74, 6) is 0.104. The smallest absolute Gasteiger partial charge is 0.142 e. The second-order valence-corrected chi connectivity index (χ2v) is 6.69. The minimum atomic E-state index is -0.335. The molecule has 1 aromatic carbocycles. The van der Waals surface area contributed by atoms with Crippen LogP contribution < -0.4 is 5.73 Å². The number of hydrogen-bond acceptors (Lipinski definition) is 1. The SMILES string of the molecule is CC1(C)CCC(N)C(Cc2ccc(Cl)c(F)c2)C1. The summed E-state index contributed by atoms with van der Waals surface area (Å²) >= 11 is 5.70. The van der Waals surface area contributed by atoms with Gasteiger partial charge in [0.15, 0.2) is 0 Å². The molecular weight excluding hydrogens is 249 g/mol. The number of hydrogen-bond donors (Lipinski definition) is 1. The second-order valence-electron chi connectivity index (χ2n) is 6.28. The summed E-state index contributed by atoms with van der Waals surface area (Å²) in [5.41, 5.74) is 7.54. The monoisotopic (exact) mass is 269 g/mol. The van der Waals surface area contributed by atoms with E-state index in [1.54, 1.807) is 6.07 Å². The Morgan fingerprint density at radius 3 is 2.83 bits per heavy atom. The molecule has 1 aliphatic rings. The number of nitrogens with two attached hydrogens (primary N) is 1. The van der Waals surface area contributed by atoms with Gasteiger partial charge >= 0.3 is 0 Å². The van der Waals surface area contributed by atoms with Gasteiger partial charge in [-0.15, -0.1) is 0 Å². The third-order valence-corrected chi connectivity index (χ3v) is 4.36. The fourth-order valence-corrected chi connectivity index (χ4v) is 3.07. The highest BCUT2D eigenvalue weighted by molar-refractivity contribution is 6.30. The fourth-order valence-electron chi connectivity index (χ4n) is 2.95. The summed E-state index contributed by atoms with van der Waals surface area (Å²) in [7, 11) is 0. The first-order valence-corrected chi connectivity index (χ1v) is 6.95. The molecule has 0 radical (unpaired) electrons. The van der Waals surface area contributed by atoms with E-state index in [4.69, 9.17) is 17.3 Å². The molecule has 0 aromatic heterocycles. The normalized spacial score (nSPS) is 27.2. The van der Waals surface area contributed by atoms with E-state index in [1.165, 1.54) is 12.5 Å². The van der Waals surface area contributed by atoms with Gasteiger partial charge in [-0.2, -0.15) is 0 Å². The highest BCUT2D eigenvalue weighted by Gasteiger charge is 2.32. The Kier molecular flexibility index (Phi) is 3.98. The van der Waals surface area contributed by atoms with Crippen molar-refractivity contribution >= 4 is 11.6 Å². The third-order valence-electron chi connectivity index (χ3n) is 4.06. The molecule has 2 atom stereocenters. The Labute approximate surface area is 114 Å². The van der Waals surface area contributed by atoms with Crippen LogP contribution in [0.4, 0.5) is 4.39 Å². The maximum absolute atomic E-state index is 13.4. The van der Waals surface area contributed by atoms with Crippen molar-refractivity contribution in [3.8, 4) is 0 Å². The molecule has 2 rings (SSSR count). The largest absolute Gasteiger partial charge is 0.327 e. The summed E-state index contributed by atoms with van der Waals surface area (Å²) in [5, 5.41) is 0.187. The van der Waals surface area contributed by atoms with Crippen LogP contribution in [0.2, 0.25) is 5.02 Å². The highest BCUT2D eigenvalue weighted by atomic mass is 35.5. The highest BCUT2D eigenvalue weighted by Crippen LogP contribution is 2.39. The fraction of sp³-hybridized carbons (Fsp3) is 0.600. The zero-order valence-corrected chi connectivity index (χ0v) is 11.8. The van der Waals surface area contributed by atoms with Gasteiger partial charge in [0, 0.05) is 6.04 Å². The summed E-state index contributed by atoms with van der Waals surface area (Å²) in [6.45, 7) is 4.57. The summed E-state index contributed by atoms with van der Waals surface area (Å²) in [6, 6.07) is 5.30. The molecule has 1 fully saturated rings. The second kappa shape index (κ2) is 5.18. The van der Waals surface area contributed by atoms with Gasteiger partial charge < -0.3 is 5.73 Å². The van der Waals surface area contributed by atoms with E-state index in [0.29, 0.717) is 11.3 Å². The minimum Gasteiger partial charge on any atom is -0.327 e. The van der Waals surface area contributed by atoms with E-state index in [1.807, 2.05) is 6.07 Å². The van der Waals surface area contributed by atoms with Gasteiger partial charge in [-0.1, -0.05) is 31.5 Å². The summed E-state index contributed by atoms with van der Waals surface area (Å²) in [6.07, 6.45) is 4.20. The van der Waals surface area contributed by atoms with Crippen molar-refractivity contribution in [3.63, 3.8) is 0 Å². The zero-order valence-electron chi connectivity index (χ0n) is 11.0. The number of halogens is 2. The zero-order chi connectivity index (χ0) is 13.3. The van der Waals surface area contributed by atoms with Crippen molar-refractivity contribution < 1.29 is 4.39 Å². The number of rotatable bonds is 2. The van der Waals surface area contributed by atoms with Crippen molar-refractivity contribution in [2.45, 2.75) is 45.6 Å². The van der Waals surface area contributed by atoms with Gasteiger partial charge in [-0.25, -0.2) is 4.39 Å². The molecule has 0 heterocycles. The van der Waals surface area contributed by atoms with E-state index in [9.17, 15) is 4.39 Å². The van der Waals surface area contributed by atoms with Crippen LogP contribution in [0.5, 0.6) is 0 Å². The van der Waals surface area contributed by atoms with E-state index in [0.717, 1.165) is 24.8 Å². The Bertz CT molecular complexity index is 431. The van der Waals surface area contributed by atoms with Crippen LogP contribution in [0.25, 0.3) is 0 Å². The molecule has 0 spiro atoms. The van der Waals surface area contributed by atoms with Crippen molar-refractivity contribution in [2.24, 2.45) is 17.1 Å². The Balaban J connectivity index is 2.09. The van der Waals surface area contributed by atoms with Crippen molar-refractivity contribution in [1.82, 2.24) is 0 Å². The van der Waals surface area contributed by atoms with Crippen LogP contribution in [0, 0.1) is 17.2 Å². The molecule has 2 unspecified atom stereocenters. The minimum absolute atomic E-state index is 0.187. The quantitative estimate of drug-likeness (QED) is 0.857. The van der Waals surface area contributed by atoms with Gasteiger partial charge in [0.1, 0.15) is 5.82 Å². The van der Waals surface area contributed by atoms with Crippen molar-refractivity contribution in [2.75, 3.05) is 0 Å². The van der Waals surface area contributed by atoms with Gasteiger partial charge in [0.05, 0.1) is 5.02 Å². The molecule has 1 aromatic rings. The van der Waals surface area contributed by atoms with Crippen LogP contribution in [-0.4, -0.2) is 6.04 Å². The van der Waals surface area contributed by atoms with E-state index >= 15 is 0 Å². The lowest BCUT2D eigenvalue weighted by atomic mass is 9.68. The van der Waals surface area contributed by atoms with E-state index in [2.05, 4.69) is 13.8 Å². The molecule has 0 aliphatic heterocycles. The van der Waals surface area contributed by atoms with Crippen LogP contribution in [0.1, 0.15) is 38.7 Å². The van der Waals surface area contributed by atoms with Crippen LogP contribution in [0.15, 0.2) is 18.2 Å². The molecule has 18 heavy (non-hydrogen) atoms. The molecule has 1 saturated carbocycles. The Morgan fingerprint density at radius 2 is 2.17 bits per heavy atom. The maximum Gasteiger partial charge on any atom is 0.142 e. The lowest BCUT2D eigenvalue weighted by molar-refractivity contribution is 0.157. The van der Waals surface area contributed by atoms with Crippen molar-refractivity contribution in [1.29, 1.82) is 0 Å². The average molecular weight is 270 g/mol. The molecule has 100 valence electrons. The standard InChI is InChI=1S/C15H21ClFN/c1-15(2)6-5-14(18)11(9-15)7-10-3-4-12(16)13(17)8-10/h3-4,8,11,14H,5-7,9,18H2,1-2H3. The van der Waals surface area contributed by atoms with Crippen LogP contribution in [0.3, 0.4) is 0 Å². The van der Waals surface area contributed by atoms with Gasteiger partial charge in [0.25, 0.3) is 0 Å². The average Bonchev–Trinajstić information content (AvgIpc) is 2.28. The molecule has 3 heteroatoms. The Hall–Kier alpha value is -0.600. The molecule has 2 N–H and O–H groups in total. The first kappa shape index (κ1) is 13.8. The lowest BCUT2D eigenvalue weighted by Crippen LogP contribution is -2.40. The van der Waals surface area contributed by atoms with Crippen LogP contribution in [-0.2, 0) is 6.42 Å². The predicted octanol–water partition coefficient (Wildman–Crippen LogP) is 4.18. The summed E-state index contributed by atoms with van der Waals surface area (Å²) in [4.78, 5) is 0. The molecule has 0 amide bonds. The first-order chi connectivity index (χ1) is 8.37. The van der Waals surface area contributed by atoms with Gasteiger partial charge in [-0.3, -0.25) is 0 Å². The van der Waals surface area contributed by atoms with Crippen LogP contribution >= 0.6 is 11.6 Å². The molecule has 1 aliphatic carbocycles. The molecule has 0 saturated heterocycles. The summed E-state index contributed by atoms with van der Waals surface area (Å²) < 4.78 is 13.4. The third kappa shape index (κ3) is 3.24. The predicted molar refractivity (Wildman–Crippen MR) is 74.2 cm³/mol. The van der Waals surface area contributed by atoms with E-state index in [-0.39, 0.29) is 16.9 Å². The molecular formula is C15H21ClFN. The molecule has 0 bridgehead atoms.